The highest BCUT2D eigenvalue weighted by atomic mass is 32.2. The highest BCUT2D eigenvalue weighted by Gasteiger charge is 2.20. The maximum Gasteiger partial charge on any atom is 0.238 e. The molecule has 0 saturated heterocycles. The van der Waals surface area contributed by atoms with Gasteiger partial charge in [-0.1, -0.05) is 11.6 Å². The fraction of sp³-hybridized carbons (Fsp3) is 0.385. The summed E-state index contributed by atoms with van der Waals surface area (Å²) in [6.45, 7) is 5.93. The zero-order valence-electron chi connectivity index (χ0n) is 10.7. The molecular formula is C13H18N2O2S. The van der Waals surface area contributed by atoms with E-state index in [1.165, 1.54) is 5.57 Å². The van der Waals surface area contributed by atoms with Crippen LogP contribution in [0.3, 0.4) is 0 Å². The third-order valence-corrected chi connectivity index (χ3v) is 4.00. The highest BCUT2D eigenvalue weighted by molar-refractivity contribution is 7.89. The summed E-state index contributed by atoms with van der Waals surface area (Å²) in [6.07, 6.45) is 3.04. The van der Waals surface area contributed by atoms with E-state index >= 15 is 0 Å². The predicted molar refractivity (Wildman–Crippen MR) is 73.2 cm³/mol. The van der Waals surface area contributed by atoms with E-state index in [2.05, 4.69) is 24.8 Å². The molecule has 1 heterocycles. The number of hydrogen-bond acceptors (Lipinski definition) is 3. The summed E-state index contributed by atoms with van der Waals surface area (Å²) in [5.41, 5.74) is 3.45. The zero-order valence-corrected chi connectivity index (χ0v) is 11.5. The van der Waals surface area contributed by atoms with E-state index < -0.39 is 10.0 Å². The summed E-state index contributed by atoms with van der Waals surface area (Å²) in [4.78, 5) is 2.44. The summed E-state index contributed by atoms with van der Waals surface area (Å²) >= 11 is 0. The van der Waals surface area contributed by atoms with Crippen LogP contribution in [0.1, 0.15) is 19.4 Å². The molecule has 0 saturated carbocycles. The minimum Gasteiger partial charge on any atom is -0.367 e. The number of allylic oxidation sites excluding steroid dienone is 1. The monoisotopic (exact) mass is 266 g/mol. The van der Waals surface area contributed by atoms with Crippen molar-refractivity contribution in [1.29, 1.82) is 0 Å². The fourth-order valence-corrected chi connectivity index (χ4v) is 2.67. The Morgan fingerprint density at radius 2 is 2.17 bits per heavy atom. The number of rotatable bonds is 3. The molecule has 2 rings (SSSR count). The standard InChI is InChI=1S/C13H18N2O2S/c1-10(2)5-7-15-8-6-11-9-12(18(14,16)17)3-4-13(11)15/h3-5,9H,6-8H2,1-2H3,(H2,14,16,17). The van der Waals surface area contributed by atoms with Gasteiger partial charge in [-0.2, -0.15) is 0 Å². The first-order valence-corrected chi connectivity index (χ1v) is 7.46. The molecule has 18 heavy (non-hydrogen) atoms. The molecular weight excluding hydrogens is 248 g/mol. The Balaban J connectivity index is 2.28. The first-order chi connectivity index (χ1) is 8.38. The van der Waals surface area contributed by atoms with Gasteiger partial charge in [-0.05, 0) is 44.0 Å². The van der Waals surface area contributed by atoms with Gasteiger partial charge in [0.2, 0.25) is 10.0 Å². The van der Waals surface area contributed by atoms with Crippen LogP contribution in [0.15, 0.2) is 34.7 Å². The number of anilines is 1. The van der Waals surface area contributed by atoms with Gasteiger partial charge in [0.1, 0.15) is 0 Å². The van der Waals surface area contributed by atoms with Crippen LogP contribution >= 0.6 is 0 Å². The molecule has 4 nitrogen and oxygen atoms in total. The maximum atomic E-state index is 11.3. The number of sulfonamides is 1. The molecule has 0 atom stereocenters. The van der Waals surface area contributed by atoms with Crippen LogP contribution in [-0.2, 0) is 16.4 Å². The van der Waals surface area contributed by atoms with Gasteiger partial charge in [0, 0.05) is 18.8 Å². The van der Waals surface area contributed by atoms with Crippen LogP contribution in [0, 0.1) is 0 Å². The van der Waals surface area contributed by atoms with Gasteiger partial charge in [-0.3, -0.25) is 0 Å². The highest BCUT2D eigenvalue weighted by Crippen LogP contribution is 2.29. The quantitative estimate of drug-likeness (QED) is 0.846. The molecule has 1 aromatic carbocycles. The fourth-order valence-electron chi connectivity index (χ4n) is 2.11. The molecule has 1 aliphatic rings. The molecule has 2 N–H and O–H groups in total. The molecule has 5 heteroatoms. The van der Waals surface area contributed by atoms with Gasteiger partial charge in [0.25, 0.3) is 0 Å². The van der Waals surface area contributed by atoms with E-state index in [0.717, 1.165) is 30.8 Å². The lowest BCUT2D eigenvalue weighted by Crippen LogP contribution is -2.20. The van der Waals surface area contributed by atoms with E-state index in [4.69, 9.17) is 5.14 Å². The zero-order chi connectivity index (χ0) is 13.3. The van der Waals surface area contributed by atoms with Gasteiger partial charge in [-0.25, -0.2) is 13.6 Å². The van der Waals surface area contributed by atoms with Crippen LogP contribution in [0.25, 0.3) is 0 Å². The Morgan fingerprint density at radius 1 is 1.44 bits per heavy atom. The van der Waals surface area contributed by atoms with Crippen LogP contribution in [0.5, 0.6) is 0 Å². The van der Waals surface area contributed by atoms with E-state index in [9.17, 15) is 8.42 Å². The number of hydrogen-bond donors (Lipinski definition) is 1. The summed E-state index contributed by atoms with van der Waals surface area (Å²) in [5.74, 6) is 0. The number of nitrogens with two attached hydrogens (primary N) is 1. The van der Waals surface area contributed by atoms with Crippen molar-refractivity contribution < 1.29 is 8.42 Å². The minimum atomic E-state index is -3.60. The molecule has 0 aliphatic carbocycles. The Bertz CT molecular complexity index is 587. The van der Waals surface area contributed by atoms with Crippen molar-refractivity contribution in [2.24, 2.45) is 5.14 Å². The molecule has 1 aromatic rings. The normalized spacial score (nSPS) is 14.5. The third kappa shape index (κ3) is 2.73. The van der Waals surface area contributed by atoms with Gasteiger partial charge >= 0.3 is 0 Å². The lowest BCUT2D eigenvalue weighted by Gasteiger charge is -2.17. The number of primary sulfonamides is 1. The van der Waals surface area contributed by atoms with Crippen LogP contribution in [0.2, 0.25) is 0 Å². The second-order valence-electron chi connectivity index (χ2n) is 4.81. The summed E-state index contributed by atoms with van der Waals surface area (Å²) < 4.78 is 22.6. The second kappa shape index (κ2) is 4.74. The Hall–Kier alpha value is -1.33. The minimum absolute atomic E-state index is 0.199. The van der Waals surface area contributed by atoms with Crippen LogP contribution in [0.4, 0.5) is 5.69 Å². The lowest BCUT2D eigenvalue weighted by molar-refractivity contribution is 0.597. The summed E-state index contributed by atoms with van der Waals surface area (Å²) in [5, 5.41) is 5.13. The van der Waals surface area contributed by atoms with Crippen molar-refractivity contribution in [3.8, 4) is 0 Å². The molecule has 1 aliphatic heterocycles. The average Bonchev–Trinajstić information content (AvgIpc) is 2.67. The SMILES string of the molecule is CC(C)=CCN1CCc2cc(S(N)(=O)=O)ccc21. The van der Waals surface area contributed by atoms with Crippen molar-refractivity contribution in [1.82, 2.24) is 0 Å². The van der Waals surface area contributed by atoms with Crippen molar-refractivity contribution >= 4 is 15.7 Å². The third-order valence-electron chi connectivity index (χ3n) is 3.09. The van der Waals surface area contributed by atoms with E-state index in [-0.39, 0.29) is 4.90 Å². The van der Waals surface area contributed by atoms with Gasteiger partial charge in [0.05, 0.1) is 4.90 Å². The van der Waals surface area contributed by atoms with Crippen molar-refractivity contribution in [2.75, 3.05) is 18.0 Å². The van der Waals surface area contributed by atoms with Crippen molar-refractivity contribution in [2.45, 2.75) is 25.2 Å². The molecule has 0 radical (unpaired) electrons. The lowest BCUT2D eigenvalue weighted by atomic mass is 10.2. The van der Waals surface area contributed by atoms with Crippen molar-refractivity contribution in [3.63, 3.8) is 0 Å². The largest absolute Gasteiger partial charge is 0.367 e. The van der Waals surface area contributed by atoms with Gasteiger partial charge < -0.3 is 4.90 Å². The van der Waals surface area contributed by atoms with Crippen LogP contribution < -0.4 is 10.0 Å². The molecule has 0 amide bonds. The van der Waals surface area contributed by atoms with Gasteiger partial charge in [-0.15, -0.1) is 0 Å². The number of benzene rings is 1. The molecule has 0 aromatic heterocycles. The Morgan fingerprint density at radius 3 is 2.78 bits per heavy atom. The van der Waals surface area contributed by atoms with Crippen LogP contribution in [-0.4, -0.2) is 21.5 Å². The Kier molecular flexibility index (Phi) is 3.45. The van der Waals surface area contributed by atoms with E-state index in [1.807, 2.05) is 6.07 Å². The average molecular weight is 266 g/mol. The molecule has 0 bridgehead atoms. The molecule has 0 unspecified atom stereocenters. The second-order valence-corrected chi connectivity index (χ2v) is 6.37. The first kappa shape index (κ1) is 13.1. The van der Waals surface area contributed by atoms with E-state index in [1.54, 1.807) is 12.1 Å². The number of nitrogens with zero attached hydrogens (tertiary/aromatic N) is 1. The van der Waals surface area contributed by atoms with Crippen molar-refractivity contribution in [3.05, 3.63) is 35.4 Å². The Labute approximate surface area is 108 Å². The van der Waals surface area contributed by atoms with Gasteiger partial charge in [0.15, 0.2) is 0 Å². The first-order valence-electron chi connectivity index (χ1n) is 5.92. The molecule has 0 fully saturated rings. The molecule has 98 valence electrons. The van der Waals surface area contributed by atoms with E-state index in [0.29, 0.717) is 0 Å². The summed E-state index contributed by atoms with van der Waals surface area (Å²) in [6, 6.07) is 5.11. The predicted octanol–water partition coefficient (Wildman–Crippen LogP) is 1.66. The summed E-state index contributed by atoms with van der Waals surface area (Å²) in [7, 11) is -3.60. The smallest absolute Gasteiger partial charge is 0.238 e. The topological polar surface area (TPSA) is 63.4 Å². The maximum absolute atomic E-state index is 11.3. The number of fused-ring (bicyclic) bond motifs is 1. The molecule has 0 spiro atoms.